The van der Waals surface area contributed by atoms with Gasteiger partial charge in [0.2, 0.25) is 11.8 Å². The van der Waals surface area contributed by atoms with Crippen molar-refractivity contribution in [3.05, 3.63) is 54.1 Å². The van der Waals surface area contributed by atoms with Gasteiger partial charge in [-0.3, -0.25) is 9.59 Å². The van der Waals surface area contributed by atoms with E-state index in [0.717, 1.165) is 5.52 Å². The van der Waals surface area contributed by atoms with Crippen LogP contribution in [0.15, 0.2) is 58.8 Å². The first-order chi connectivity index (χ1) is 13.4. The topological polar surface area (TPSA) is 96.1 Å². The van der Waals surface area contributed by atoms with E-state index >= 15 is 0 Å². The summed E-state index contributed by atoms with van der Waals surface area (Å²) in [6.07, 6.45) is 0.434. The third kappa shape index (κ3) is 4.09. The Balaban J connectivity index is 1.75. The number of aromatic nitrogens is 1. The zero-order valence-corrected chi connectivity index (χ0v) is 16.0. The van der Waals surface area contributed by atoms with Crippen LogP contribution in [0.4, 0.5) is 11.4 Å². The van der Waals surface area contributed by atoms with Crippen LogP contribution in [0, 0.1) is 5.92 Å². The standard InChI is InChI=1S/C21H22N4O3/c1-13(2)12-18(26)22-15-10-8-14(9-11-15)20(27)24-23-19-16-6-4-5-7-17(16)25(3)21(19)28/h4-11,13,28H,12H2,1-3H3,(H,22,26). The summed E-state index contributed by atoms with van der Waals surface area (Å²) in [4.78, 5) is 24.1. The number of aromatic hydroxyl groups is 1. The van der Waals surface area contributed by atoms with Gasteiger partial charge in [0, 0.05) is 30.1 Å². The maximum absolute atomic E-state index is 12.3. The molecule has 2 N–H and O–H groups in total. The van der Waals surface area contributed by atoms with Crippen LogP contribution in [0.2, 0.25) is 0 Å². The van der Waals surface area contributed by atoms with Gasteiger partial charge in [0.15, 0.2) is 5.69 Å². The Hall–Kier alpha value is -3.48. The van der Waals surface area contributed by atoms with Gasteiger partial charge in [0.05, 0.1) is 5.52 Å². The number of benzene rings is 2. The van der Waals surface area contributed by atoms with Gasteiger partial charge in [-0.1, -0.05) is 32.0 Å². The van der Waals surface area contributed by atoms with Gasteiger partial charge in [0.1, 0.15) is 0 Å². The number of nitrogens with one attached hydrogen (secondary N) is 1. The lowest BCUT2D eigenvalue weighted by molar-refractivity contribution is -0.116. The van der Waals surface area contributed by atoms with E-state index < -0.39 is 5.91 Å². The van der Waals surface area contributed by atoms with E-state index in [0.29, 0.717) is 23.1 Å². The van der Waals surface area contributed by atoms with Gasteiger partial charge < -0.3 is 15.0 Å². The van der Waals surface area contributed by atoms with Crippen molar-refractivity contribution in [2.45, 2.75) is 20.3 Å². The minimum absolute atomic E-state index is 0.0547. The number of carbonyl (C=O) groups excluding carboxylic acids is 2. The molecule has 2 amide bonds. The maximum atomic E-state index is 12.3. The molecule has 0 aliphatic rings. The number of hydrogen-bond acceptors (Lipinski definition) is 4. The van der Waals surface area contributed by atoms with Crippen LogP contribution in [0.3, 0.4) is 0 Å². The molecule has 0 radical (unpaired) electrons. The van der Waals surface area contributed by atoms with Gasteiger partial charge in [-0.05, 0) is 36.2 Å². The van der Waals surface area contributed by atoms with Crippen molar-refractivity contribution in [3.63, 3.8) is 0 Å². The molecule has 1 heterocycles. The zero-order chi connectivity index (χ0) is 20.3. The summed E-state index contributed by atoms with van der Waals surface area (Å²) in [7, 11) is 1.71. The van der Waals surface area contributed by atoms with Crippen LogP contribution in [-0.4, -0.2) is 21.5 Å². The Morgan fingerprint density at radius 1 is 1.11 bits per heavy atom. The molecule has 144 valence electrons. The fourth-order valence-electron chi connectivity index (χ4n) is 2.89. The first-order valence-electron chi connectivity index (χ1n) is 8.99. The predicted octanol–water partition coefficient (Wildman–Crippen LogP) is 4.79. The molecule has 3 aromatic rings. The lowest BCUT2D eigenvalue weighted by Crippen LogP contribution is -2.13. The minimum Gasteiger partial charge on any atom is -0.493 e. The Morgan fingerprint density at radius 2 is 1.79 bits per heavy atom. The summed E-state index contributed by atoms with van der Waals surface area (Å²) in [6.45, 7) is 3.94. The summed E-state index contributed by atoms with van der Waals surface area (Å²) in [6, 6.07) is 13.8. The summed E-state index contributed by atoms with van der Waals surface area (Å²) < 4.78 is 1.59. The first kappa shape index (κ1) is 19.3. The summed E-state index contributed by atoms with van der Waals surface area (Å²) in [5, 5.41) is 21.5. The molecule has 0 bridgehead atoms. The third-order valence-corrected chi connectivity index (χ3v) is 4.30. The van der Waals surface area contributed by atoms with Gasteiger partial charge in [-0.2, -0.15) is 0 Å². The third-order valence-electron chi connectivity index (χ3n) is 4.30. The van der Waals surface area contributed by atoms with Crippen LogP contribution in [0.25, 0.3) is 10.9 Å². The van der Waals surface area contributed by atoms with Crippen molar-refractivity contribution in [3.8, 4) is 5.88 Å². The smallest absolute Gasteiger partial charge is 0.295 e. The van der Waals surface area contributed by atoms with Crippen LogP contribution >= 0.6 is 0 Å². The van der Waals surface area contributed by atoms with E-state index in [9.17, 15) is 14.7 Å². The fourth-order valence-corrected chi connectivity index (χ4v) is 2.89. The highest BCUT2D eigenvalue weighted by Crippen LogP contribution is 2.37. The molecule has 0 aliphatic carbocycles. The molecule has 0 unspecified atom stereocenters. The first-order valence-corrected chi connectivity index (χ1v) is 8.99. The lowest BCUT2D eigenvalue weighted by atomic mass is 10.1. The van der Waals surface area contributed by atoms with Gasteiger partial charge in [-0.15, -0.1) is 10.2 Å². The van der Waals surface area contributed by atoms with E-state index in [2.05, 4.69) is 15.5 Å². The van der Waals surface area contributed by atoms with E-state index in [1.807, 2.05) is 38.1 Å². The number of carbonyl (C=O) groups is 2. The van der Waals surface area contributed by atoms with Crippen molar-refractivity contribution in [2.75, 3.05) is 5.32 Å². The molecule has 0 aliphatic heterocycles. The number of hydrogen-bond donors (Lipinski definition) is 2. The largest absolute Gasteiger partial charge is 0.493 e. The number of fused-ring (bicyclic) bond motifs is 1. The zero-order valence-electron chi connectivity index (χ0n) is 16.0. The molecule has 3 rings (SSSR count). The van der Waals surface area contributed by atoms with Gasteiger partial charge in [0.25, 0.3) is 5.91 Å². The summed E-state index contributed by atoms with van der Waals surface area (Å²) in [5.41, 5.74) is 2.00. The van der Waals surface area contributed by atoms with E-state index in [1.54, 1.807) is 35.9 Å². The Labute approximate surface area is 162 Å². The number of rotatable bonds is 5. The predicted molar refractivity (Wildman–Crippen MR) is 108 cm³/mol. The van der Waals surface area contributed by atoms with Crippen molar-refractivity contribution in [2.24, 2.45) is 23.2 Å². The SMILES string of the molecule is CC(C)CC(=O)Nc1ccc(C(=O)N=Nc2c(O)n(C)c3ccccc23)cc1. The number of amides is 2. The van der Waals surface area contributed by atoms with Crippen LogP contribution in [0.5, 0.6) is 5.88 Å². The molecule has 0 saturated heterocycles. The Kier molecular flexibility index (Phi) is 5.54. The van der Waals surface area contributed by atoms with Crippen molar-refractivity contribution < 1.29 is 14.7 Å². The molecule has 0 fully saturated rings. The molecule has 1 aromatic heterocycles. The van der Waals surface area contributed by atoms with Crippen molar-refractivity contribution in [1.29, 1.82) is 0 Å². The Morgan fingerprint density at radius 3 is 2.46 bits per heavy atom. The monoisotopic (exact) mass is 378 g/mol. The highest BCUT2D eigenvalue weighted by atomic mass is 16.3. The average Bonchev–Trinajstić information content (AvgIpc) is 2.90. The second-order valence-electron chi connectivity index (χ2n) is 6.98. The maximum Gasteiger partial charge on any atom is 0.295 e. The van der Waals surface area contributed by atoms with Crippen LogP contribution in [-0.2, 0) is 11.8 Å². The molecule has 0 atom stereocenters. The van der Waals surface area contributed by atoms with Crippen molar-refractivity contribution >= 4 is 34.1 Å². The second kappa shape index (κ2) is 8.04. The second-order valence-corrected chi connectivity index (χ2v) is 6.98. The minimum atomic E-state index is -0.535. The molecule has 0 saturated carbocycles. The van der Waals surface area contributed by atoms with Gasteiger partial charge >= 0.3 is 0 Å². The Bertz CT molecular complexity index is 1050. The number of azo groups is 1. The summed E-state index contributed by atoms with van der Waals surface area (Å²) in [5.74, 6) is -0.389. The van der Waals surface area contributed by atoms with Crippen LogP contribution < -0.4 is 5.32 Å². The molecular weight excluding hydrogens is 356 g/mol. The quantitative estimate of drug-likeness (QED) is 0.625. The molecule has 0 spiro atoms. The fraction of sp³-hybridized carbons (Fsp3) is 0.238. The average molecular weight is 378 g/mol. The number of anilines is 1. The number of nitrogens with zero attached hydrogens (tertiary/aromatic N) is 3. The molecule has 7 heteroatoms. The lowest BCUT2D eigenvalue weighted by Gasteiger charge is -2.07. The highest BCUT2D eigenvalue weighted by molar-refractivity contribution is 5.98. The molecule has 7 nitrogen and oxygen atoms in total. The molecular formula is C21H22N4O3. The van der Waals surface area contributed by atoms with Crippen LogP contribution in [0.1, 0.15) is 30.6 Å². The normalized spacial score (nSPS) is 11.4. The molecule has 28 heavy (non-hydrogen) atoms. The van der Waals surface area contributed by atoms with E-state index in [-0.39, 0.29) is 23.4 Å². The molecule has 2 aromatic carbocycles. The number of aryl methyl sites for hydroxylation is 1. The van der Waals surface area contributed by atoms with E-state index in [1.165, 1.54) is 0 Å². The van der Waals surface area contributed by atoms with E-state index in [4.69, 9.17) is 0 Å². The van der Waals surface area contributed by atoms with Crippen molar-refractivity contribution in [1.82, 2.24) is 4.57 Å². The highest BCUT2D eigenvalue weighted by Gasteiger charge is 2.14. The van der Waals surface area contributed by atoms with Gasteiger partial charge in [-0.25, -0.2) is 0 Å². The summed E-state index contributed by atoms with van der Waals surface area (Å²) >= 11 is 0. The number of para-hydroxylation sites is 1.